The Labute approximate surface area is 153 Å². The van der Waals surface area contributed by atoms with E-state index >= 15 is 0 Å². The third kappa shape index (κ3) is 4.22. The zero-order valence-electron chi connectivity index (χ0n) is 15.6. The Morgan fingerprint density at radius 3 is 2.88 bits per heavy atom. The van der Waals surface area contributed by atoms with Gasteiger partial charge >= 0.3 is 0 Å². The molecular formula is C19H26N4O3. The third-order valence-corrected chi connectivity index (χ3v) is 4.72. The van der Waals surface area contributed by atoms with Crippen LogP contribution < -0.4 is 5.32 Å². The molecule has 140 valence electrons. The van der Waals surface area contributed by atoms with Gasteiger partial charge in [-0.05, 0) is 38.4 Å². The molecule has 1 saturated heterocycles. The first-order valence-electron chi connectivity index (χ1n) is 9.02. The minimum absolute atomic E-state index is 0.110. The second kappa shape index (κ2) is 7.86. The van der Waals surface area contributed by atoms with Crippen LogP contribution in [0.25, 0.3) is 11.1 Å². The van der Waals surface area contributed by atoms with E-state index in [4.69, 9.17) is 4.42 Å². The van der Waals surface area contributed by atoms with Crippen LogP contribution in [0.5, 0.6) is 0 Å². The molecule has 3 rings (SSSR count). The number of likely N-dealkylation sites (tertiary alicyclic amines) is 1. The first kappa shape index (κ1) is 18.4. The highest BCUT2D eigenvalue weighted by atomic mass is 16.3. The van der Waals surface area contributed by atoms with Gasteiger partial charge in [0.2, 0.25) is 11.8 Å². The van der Waals surface area contributed by atoms with Crippen molar-refractivity contribution in [2.24, 2.45) is 0 Å². The SMILES string of the molecule is CC(NC(=O)CN1CCCC(c2nc3ccccc3o2)C1)C(=O)N(C)C. The number of oxazole rings is 1. The number of piperidine rings is 1. The predicted molar refractivity (Wildman–Crippen MR) is 98.7 cm³/mol. The lowest BCUT2D eigenvalue weighted by Crippen LogP contribution is -2.48. The van der Waals surface area contributed by atoms with E-state index in [-0.39, 0.29) is 24.3 Å². The maximum absolute atomic E-state index is 12.3. The number of benzene rings is 1. The Bertz CT molecular complexity index is 753. The number of nitrogens with one attached hydrogen (secondary N) is 1. The van der Waals surface area contributed by atoms with E-state index in [2.05, 4.69) is 15.2 Å². The van der Waals surface area contributed by atoms with E-state index in [9.17, 15) is 9.59 Å². The van der Waals surface area contributed by atoms with E-state index < -0.39 is 6.04 Å². The van der Waals surface area contributed by atoms with Crippen LogP contribution in [0.1, 0.15) is 31.6 Å². The van der Waals surface area contributed by atoms with Gasteiger partial charge in [0.25, 0.3) is 0 Å². The molecule has 26 heavy (non-hydrogen) atoms. The molecule has 7 nitrogen and oxygen atoms in total. The largest absolute Gasteiger partial charge is 0.440 e. The average molecular weight is 358 g/mol. The van der Waals surface area contributed by atoms with Crippen molar-refractivity contribution in [3.05, 3.63) is 30.2 Å². The van der Waals surface area contributed by atoms with Crippen molar-refractivity contribution in [1.29, 1.82) is 0 Å². The van der Waals surface area contributed by atoms with E-state index in [1.54, 1.807) is 21.0 Å². The number of amides is 2. The molecule has 1 N–H and O–H groups in total. The van der Waals surface area contributed by atoms with Crippen LogP contribution in [0.4, 0.5) is 0 Å². The number of para-hydroxylation sites is 2. The molecule has 1 fully saturated rings. The molecule has 0 saturated carbocycles. The van der Waals surface area contributed by atoms with Crippen molar-refractivity contribution in [2.45, 2.75) is 31.7 Å². The minimum atomic E-state index is -0.518. The smallest absolute Gasteiger partial charge is 0.244 e. The lowest BCUT2D eigenvalue weighted by atomic mass is 9.98. The summed E-state index contributed by atoms with van der Waals surface area (Å²) in [6.45, 7) is 3.58. The van der Waals surface area contributed by atoms with Crippen LogP contribution in [0.2, 0.25) is 0 Å². The molecule has 7 heteroatoms. The Morgan fingerprint density at radius 2 is 2.15 bits per heavy atom. The predicted octanol–water partition coefficient (Wildman–Crippen LogP) is 1.60. The molecule has 2 amide bonds. The van der Waals surface area contributed by atoms with Gasteiger partial charge in [-0.15, -0.1) is 0 Å². The minimum Gasteiger partial charge on any atom is -0.440 e. The highest BCUT2D eigenvalue weighted by Crippen LogP contribution is 2.28. The molecule has 1 aliphatic rings. The van der Waals surface area contributed by atoms with Crippen LogP contribution in [0, 0.1) is 0 Å². The Hall–Kier alpha value is -2.41. The average Bonchev–Trinajstić information content (AvgIpc) is 3.05. The Morgan fingerprint density at radius 1 is 1.38 bits per heavy atom. The number of fused-ring (bicyclic) bond motifs is 1. The van der Waals surface area contributed by atoms with Crippen molar-refractivity contribution < 1.29 is 14.0 Å². The first-order chi connectivity index (χ1) is 12.4. The fourth-order valence-electron chi connectivity index (χ4n) is 3.40. The fourth-order valence-corrected chi connectivity index (χ4v) is 3.40. The summed E-state index contributed by atoms with van der Waals surface area (Å²) in [6, 6.07) is 7.23. The van der Waals surface area contributed by atoms with Gasteiger partial charge in [-0.2, -0.15) is 0 Å². The monoisotopic (exact) mass is 358 g/mol. The van der Waals surface area contributed by atoms with Gasteiger partial charge < -0.3 is 14.6 Å². The second-order valence-corrected chi connectivity index (χ2v) is 7.12. The molecule has 1 aromatic carbocycles. The molecule has 2 heterocycles. The Kier molecular flexibility index (Phi) is 5.56. The number of likely N-dealkylation sites (N-methyl/N-ethyl adjacent to an activating group) is 1. The number of rotatable bonds is 5. The maximum atomic E-state index is 12.3. The van der Waals surface area contributed by atoms with Gasteiger partial charge in [-0.3, -0.25) is 14.5 Å². The van der Waals surface area contributed by atoms with Crippen molar-refractivity contribution in [3.63, 3.8) is 0 Å². The zero-order chi connectivity index (χ0) is 18.7. The number of carbonyl (C=O) groups excluding carboxylic acids is 2. The van der Waals surface area contributed by atoms with Gasteiger partial charge in [0.15, 0.2) is 11.5 Å². The van der Waals surface area contributed by atoms with Crippen LogP contribution in [-0.2, 0) is 9.59 Å². The van der Waals surface area contributed by atoms with Gasteiger partial charge in [0.1, 0.15) is 11.6 Å². The van der Waals surface area contributed by atoms with Gasteiger partial charge in [0, 0.05) is 26.6 Å². The molecular weight excluding hydrogens is 332 g/mol. The molecule has 0 aliphatic carbocycles. The second-order valence-electron chi connectivity index (χ2n) is 7.12. The Balaban J connectivity index is 1.58. The normalized spacial score (nSPS) is 19.3. The molecule has 0 bridgehead atoms. The van der Waals surface area contributed by atoms with E-state index in [0.29, 0.717) is 0 Å². The quantitative estimate of drug-likeness (QED) is 0.878. The van der Waals surface area contributed by atoms with E-state index in [1.165, 1.54) is 4.90 Å². The van der Waals surface area contributed by atoms with Crippen molar-refractivity contribution in [2.75, 3.05) is 33.7 Å². The van der Waals surface area contributed by atoms with Crippen molar-refractivity contribution >= 4 is 22.9 Å². The van der Waals surface area contributed by atoms with Crippen LogP contribution in [0.3, 0.4) is 0 Å². The first-order valence-corrected chi connectivity index (χ1v) is 9.02. The zero-order valence-corrected chi connectivity index (χ0v) is 15.6. The van der Waals surface area contributed by atoms with Gasteiger partial charge in [0.05, 0.1) is 6.54 Å². The highest BCUT2D eigenvalue weighted by molar-refractivity contribution is 5.87. The van der Waals surface area contributed by atoms with Crippen LogP contribution in [0.15, 0.2) is 28.7 Å². The molecule has 2 atom stereocenters. The number of nitrogens with zero attached hydrogens (tertiary/aromatic N) is 3. The molecule has 2 aromatic rings. The van der Waals surface area contributed by atoms with Crippen LogP contribution >= 0.6 is 0 Å². The van der Waals surface area contributed by atoms with Gasteiger partial charge in [-0.1, -0.05) is 12.1 Å². The van der Waals surface area contributed by atoms with Gasteiger partial charge in [-0.25, -0.2) is 4.98 Å². The number of aromatic nitrogens is 1. The molecule has 0 spiro atoms. The summed E-state index contributed by atoms with van der Waals surface area (Å²) in [4.78, 5) is 32.3. The summed E-state index contributed by atoms with van der Waals surface area (Å²) < 4.78 is 5.89. The number of carbonyl (C=O) groups is 2. The molecule has 0 radical (unpaired) electrons. The maximum Gasteiger partial charge on any atom is 0.244 e. The lowest BCUT2D eigenvalue weighted by molar-refractivity contribution is -0.134. The third-order valence-electron chi connectivity index (χ3n) is 4.72. The molecule has 1 aromatic heterocycles. The summed E-state index contributed by atoms with van der Waals surface area (Å²) in [5.41, 5.74) is 1.67. The van der Waals surface area contributed by atoms with E-state index in [1.807, 2.05) is 24.3 Å². The highest BCUT2D eigenvalue weighted by Gasteiger charge is 2.27. The summed E-state index contributed by atoms with van der Waals surface area (Å²) in [7, 11) is 3.36. The topological polar surface area (TPSA) is 78.7 Å². The van der Waals surface area contributed by atoms with Crippen LogP contribution in [-0.4, -0.2) is 66.4 Å². The van der Waals surface area contributed by atoms with Crippen molar-refractivity contribution in [1.82, 2.24) is 20.1 Å². The summed E-state index contributed by atoms with van der Waals surface area (Å²) in [5, 5.41) is 2.77. The fraction of sp³-hybridized carbons (Fsp3) is 0.526. The summed E-state index contributed by atoms with van der Waals surface area (Å²) >= 11 is 0. The number of hydrogen-bond acceptors (Lipinski definition) is 5. The standard InChI is InChI=1S/C19H26N4O3/c1-13(19(25)22(2)3)20-17(24)12-23-10-6-7-14(11-23)18-21-15-8-4-5-9-16(15)26-18/h4-5,8-9,13-14H,6-7,10-12H2,1-3H3,(H,20,24). The summed E-state index contributed by atoms with van der Waals surface area (Å²) in [5.74, 6) is 0.685. The molecule has 1 aliphatic heterocycles. The van der Waals surface area contributed by atoms with E-state index in [0.717, 1.165) is 42.9 Å². The van der Waals surface area contributed by atoms with Crippen molar-refractivity contribution in [3.8, 4) is 0 Å². The number of hydrogen-bond donors (Lipinski definition) is 1. The lowest BCUT2D eigenvalue weighted by Gasteiger charge is -2.31. The summed E-state index contributed by atoms with van der Waals surface area (Å²) in [6.07, 6.45) is 1.99. The molecule has 2 unspecified atom stereocenters.